The monoisotopic (exact) mass is 195 g/mol. The Labute approximate surface area is 84.7 Å². The maximum Gasteiger partial charge on any atom is 0.115 e. The SMILES string of the molecule is CNCCC(OC)c1ccc(O)cc1. The number of aromatic hydroxyl groups is 1. The first-order valence-electron chi connectivity index (χ1n) is 4.74. The first kappa shape index (κ1) is 11.0. The number of hydrogen-bond acceptors (Lipinski definition) is 3. The summed E-state index contributed by atoms with van der Waals surface area (Å²) in [6.07, 6.45) is 1.03. The smallest absolute Gasteiger partial charge is 0.115 e. The fraction of sp³-hybridized carbons (Fsp3) is 0.455. The number of hydrogen-bond donors (Lipinski definition) is 2. The minimum absolute atomic E-state index is 0.100. The highest BCUT2D eigenvalue weighted by Crippen LogP contribution is 2.21. The van der Waals surface area contributed by atoms with Gasteiger partial charge in [-0.2, -0.15) is 0 Å². The van der Waals surface area contributed by atoms with Crippen molar-refractivity contribution in [3.63, 3.8) is 0 Å². The number of phenolic OH excluding ortho intramolecular Hbond substituents is 1. The summed E-state index contributed by atoms with van der Waals surface area (Å²) < 4.78 is 5.36. The molecule has 0 amide bonds. The van der Waals surface area contributed by atoms with Crippen LogP contribution < -0.4 is 5.32 Å². The molecule has 0 aromatic heterocycles. The van der Waals surface area contributed by atoms with Crippen LogP contribution in [0.15, 0.2) is 24.3 Å². The summed E-state index contributed by atoms with van der Waals surface area (Å²) in [5.74, 6) is 0.289. The third kappa shape index (κ3) is 3.01. The number of phenols is 1. The van der Waals surface area contributed by atoms with Crippen LogP contribution in [-0.4, -0.2) is 25.8 Å². The maximum atomic E-state index is 9.13. The normalized spacial score (nSPS) is 12.7. The summed E-state index contributed by atoms with van der Waals surface area (Å²) in [7, 11) is 3.62. The summed E-state index contributed by atoms with van der Waals surface area (Å²) in [4.78, 5) is 0. The number of ether oxygens (including phenoxy) is 1. The summed E-state index contributed by atoms with van der Waals surface area (Å²) in [6.45, 7) is 0.916. The van der Waals surface area contributed by atoms with Gasteiger partial charge in [0, 0.05) is 7.11 Å². The van der Waals surface area contributed by atoms with Crippen LogP contribution in [0.3, 0.4) is 0 Å². The van der Waals surface area contributed by atoms with E-state index in [9.17, 15) is 0 Å². The van der Waals surface area contributed by atoms with E-state index in [1.54, 1.807) is 19.2 Å². The van der Waals surface area contributed by atoms with Crippen LogP contribution in [-0.2, 0) is 4.74 Å². The Balaban J connectivity index is 2.64. The molecule has 1 atom stereocenters. The van der Waals surface area contributed by atoms with E-state index in [0.29, 0.717) is 0 Å². The molecule has 1 unspecified atom stereocenters. The molecule has 0 radical (unpaired) electrons. The molecule has 78 valence electrons. The van der Waals surface area contributed by atoms with Crippen LogP contribution in [0.4, 0.5) is 0 Å². The summed E-state index contributed by atoms with van der Waals surface area (Å²) >= 11 is 0. The van der Waals surface area contributed by atoms with Gasteiger partial charge in [-0.3, -0.25) is 0 Å². The molecule has 3 heteroatoms. The van der Waals surface area contributed by atoms with Gasteiger partial charge < -0.3 is 15.2 Å². The van der Waals surface area contributed by atoms with Crippen LogP contribution in [0, 0.1) is 0 Å². The number of methoxy groups -OCH3 is 1. The van der Waals surface area contributed by atoms with Crippen LogP contribution >= 0.6 is 0 Å². The third-order valence-electron chi connectivity index (χ3n) is 2.21. The molecule has 0 saturated carbocycles. The van der Waals surface area contributed by atoms with Crippen molar-refractivity contribution in [2.45, 2.75) is 12.5 Å². The number of rotatable bonds is 5. The Bertz CT molecular complexity index is 258. The molecule has 2 N–H and O–H groups in total. The summed E-state index contributed by atoms with van der Waals surface area (Å²) in [5, 5.41) is 12.2. The molecule has 0 bridgehead atoms. The Morgan fingerprint density at radius 1 is 1.36 bits per heavy atom. The molecular weight excluding hydrogens is 178 g/mol. The van der Waals surface area contributed by atoms with Crippen molar-refractivity contribution in [1.29, 1.82) is 0 Å². The van der Waals surface area contributed by atoms with Gasteiger partial charge in [-0.25, -0.2) is 0 Å². The van der Waals surface area contributed by atoms with Crippen molar-refractivity contribution in [1.82, 2.24) is 5.32 Å². The van der Waals surface area contributed by atoms with E-state index in [1.165, 1.54) is 0 Å². The zero-order valence-corrected chi connectivity index (χ0v) is 8.66. The van der Waals surface area contributed by atoms with Crippen molar-refractivity contribution in [3.05, 3.63) is 29.8 Å². The minimum Gasteiger partial charge on any atom is -0.508 e. The standard InChI is InChI=1S/C11H17NO2/c1-12-8-7-11(14-2)9-3-5-10(13)6-4-9/h3-6,11-13H,7-8H2,1-2H3. The van der Waals surface area contributed by atoms with Gasteiger partial charge in [0.15, 0.2) is 0 Å². The molecular formula is C11H17NO2. The van der Waals surface area contributed by atoms with Crippen LogP contribution in [0.5, 0.6) is 5.75 Å². The molecule has 0 aliphatic heterocycles. The van der Waals surface area contributed by atoms with E-state index in [4.69, 9.17) is 9.84 Å². The Morgan fingerprint density at radius 2 is 2.00 bits per heavy atom. The van der Waals surface area contributed by atoms with Gasteiger partial charge >= 0.3 is 0 Å². The molecule has 0 aliphatic carbocycles. The summed E-state index contributed by atoms with van der Waals surface area (Å²) in [6, 6.07) is 7.14. The van der Waals surface area contributed by atoms with Crippen LogP contribution in [0.1, 0.15) is 18.1 Å². The number of benzene rings is 1. The molecule has 0 aliphatic rings. The second-order valence-electron chi connectivity index (χ2n) is 3.21. The first-order chi connectivity index (χ1) is 6.77. The quantitative estimate of drug-likeness (QED) is 0.751. The van der Waals surface area contributed by atoms with Crippen molar-refractivity contribution < 1.29 is 9.84 Å². The largest absolute Gasteiger partial charge is 0.508 e. The van der Waals surface area contributed by atoms with Crippen LogP contribution in [0.2, 0.25) is 0 Å². The highest BCUT2D eigenvalue weighted by molar-refractivity contribution is 5.27. The summed E-state index contributed by atoms with van der Waals surface area (Å²) in [5.41, 5.74) is 1.10. The van der Waals surface area contributed by atoms with Crippen molar-refractivity contribution in [2.75, 3.05) is 20.7 Å². The van der Waals surface area contributed by atoms with Crippen molar-refractivity contribution >= 4 is 0 Å². The maximum absolute atomic E-state index is 9.13. The molecule has 0 saturated heterocycles. The lowest BCUT2D eigenvalue weighted by molar-refractivity contribution is 0.0961. The molecule has 1 aromatic rings. The highest BCUT2D eigenvalue weighted by Gasteiger charge is 2.08. The van der Waals surface area contributed by atoms with E-state index >= 15 is 0 Å². The molecule has 1 aromatic carbocycles. The second kappa shape index (κ2) is 5.62. The Kier molecular flexibility index (Phi) is 4.43. The number of nitrogens with one attached hydrogen (secondary N) is 1. The lowest BCUT2D eigenvalue weighted by atomic mass is 10.1. The van der Waals surface area contributed by atoms with Gasteiger partial charge in [0.2, 0.25) is 0 Å². The predicted molar refractivity (Wildman–Crippen MR) is 56.4 cm³/mol. The fourth-order valence-corrected chi connectivity index (χ4v) is 1.39. The minimum atomic E-state index is 0.100. The lowest BCUT2D eigenvalue weighted by Gasteiger charge is -2.15. The Hall–Kier alpha value is -1.06. The van der Waals surface area contributed by atoms with E-state index < -0.39 is 0 Å². The molecule has 3 nitrogen and oxygen atoms in total. The average Bonchev–Trinajstić information content (AvgIpc) is 2.21. The zero-order valence-electron chi connectivity index (χ0n) is 8.66. The fourth-order valence-electron chi connectivity index (χ4n) is 1.39. The second-order valence-corrected chi connectivity index (χ2v) is 3.21. The van der Waals surface area contributed by atoms with E-state index in [0.717, 1.165) is 18.5 Å². The van der Waals surface area contributed by atoms with E-state index in [-0.39, 0.29) is 11.9 Å². The molecule has 0 fully saturated rings. The molecule has 1 rings (SSSR count). The molecule has 0 heterocycles. The first-order valence-corrected chi connectivity index (χ1v) is 4.74. The van der Waals surface area contributed by atoms with Crippen molar-refractivity contribution in [2.24, 2.45) is 0 Å². The third-order valence-corrected chi connectivity index (χ3v) is 2.21. The Morgan fingerprint density at radius 3 is 2.50 bits per heavy atom. The molecule has 14 heavy (non-hydrogen) atoms. The van der Waals surface area contributed by atoms with Gasteiger partial charge in [0.1, 0.15) is 5.75 Å². The predicted octanol–water partition coefficient (Wildman–Crippen LogP) is 1.69. The van der Waals surface area contributed by atoms with Gasteiger partial charge in [-0.1, -0.05) is 12.1 Å². The highest BCUT2D eigenvalue weighted by atomic mass is 16.5. The topological polar surface area (TPSA) is 41.5 Å². The molecule has 0 spiro atoms. The average molecular weight is 195 g/mol. The van der Waals surface area contributed by atoms with Crippen molar-refractivity contribution in [3.8, 4) is 5.75 Å². The van der Waals surface area contributed by atoms with E-state index in [2.05, 4.69) is 5.32 Å². The van der Waals surface area contributed by atoms with Gasteiger partial charge in [0.25, 0.3) is 0 Å². The zero-order chi connectivity index (χ0) is 10.4. The van der Waals surface area contributed by atoms with Gasteiger partial charge in [-0.15, -0.1) is 0 Å². The van der Waals surface area contributed by atoms with Crippen LogP contribution in [0.25, 0.3) is 0 Å². The van der Waals surface area contributed by atoms with Gasteiger partial charge in [0.05, 0.1) is 6.10 Å². The lowest BCUT2D eigenvalue weighted by Crippen LogP contribution is -2.13. The van der Waals surface area contributed by atoms with Gasteiger partial charge in [-0.05, 0) is 37.7 Å². The van der Waals surface area contributed by atoms with E-state index in [1.807, 2.05) is 19.2 Å².